The van der Waals surface area contributed by atoms with Crippen LogP contribution in [0.2, 0.25) is 0 Å². The number of hydrogen-bond acceptors (Lipinski definition) is 6. The van der Waals surface area contributed by atoms with Crippen LogP contribution >= 0.6 is 0 Å². The molecule has 0 bridgehead atoms. The van der Waals surface area contributed by atoms with Gasteiger partial charge in [0.1, 0.15) is 23.9 Å². The molecule has 0 aliphatic rings. The first kappa shape index (κ1) is 23.0. The van der Waals surface area contributed by atoms with Gasteiger partial charge in [0, 0.05) is 37.3 Å². The molecule has 1 atom stereocenters. The molecule has 2 amide bonds. The maximum absolute atomic E-state index is 13.7. The van der Waals surface area contributed by atoms with Gasteiger partial charge in [-0.15, -0.1) is 5.10 Å². The van der Waals surface area contributed by atoms with E-state index in [1.54, 1.807) is 30.5 Å². The Morgan fingerprint density at radius 1 is 1.12 bits per heavy atom. The number of carbonyl (C=O) groups excluding carboxylic acids is 2. The van der Waals surface area contributed by atoms with E-state index in [9.17, 15) is 14.0 Å². The monoisotopic (exact) mass is 462 g/mol. The number of nitrogens with zero attached hydrogens (tertiary/aromatic N) is 5. The fraction of sp³-hybridized carbons (Fsp3) is 0.208. The lowest BCUT2D eigenvalue weighted by Crippen LogP contribution is -2.46. The van der Waals surface area contributed by atoms with Gasteiger partial charge in [-0.05, 0) is 42.5 Å². The Kier molecular flexibility index (Phi) is 7.19. The molecule has 174 valence electrons. The molecule has 0 aliphatic heterocycles. The molecule has 0 radical (unpaired) electrons. The fourth-order valence-electron chi connectivity index (χ4n) is 3.61. The first-order chi connectivity index (χ1) is 16.6. The van der Waals surface area contributed by atoms with Crippen LogP contribution in [0.15, 0.2) is 73.1 Å². The number of carbonyl (C=O) groups is 2. The number of halogens is 1. The number of anilines is 1. The highest BCUT2D eigenvalue weighted by molar-refractivity contribution is 6.01. The summed E-state index contributed by atoms with van der Waals surface area (Å²) in [4.78, 5) is 32.5. The van der Waals surface area contributed by atoms with Crippen molar-refractivity contribution < 1.29 is 18.7 Å². The third kappa shape index (κ3) is 5.07. The standard InChI is InChI=1S/C24H23FN6O3/c1-34-14-13-27-24(33)23(17-5-4-12-26-15-17)31(19-10-8-18(25)9-11-19)22(32)16-30-21-7-3-2-6-20(21)28-29-30/h2-12,15,23H,13-14,16H2,1H3,(H,27,33)/t23-/m0/s1. The van der Waals surface area contributed by atoms with Gasteiger partial charge in [0.25, 0.3) is 0 Å². The average molecular weight is 462 g/mol. The van der Waals surface area contributed by atoms with Crippen molar-refractivity contribution in [2.24, 2.45) is 0 Å². The number of aromatic nitrogens is 4. The molecule has 0 aliphatic carbocycles. The molecule has 0 spiro atoms. The second kappa shape index (κ2) is 10.6. The highest BCUT2D eigenvalue weighted by atomic mass is 19.1. The first-order valence-electron chi connectivity index (χ1n) is 10.6. The fourth-order valence-corrected chi connectivity index (χ4v) is 3.61. The number of hydrogen-bond donors (Lipinski definition) is 1. The van der Waals surface area contributed by atoms with E-state index in [0.29, 0.717) is 28.9 Å². The van der Waals surface area contributed by atoms with Crippen LogP contribution in [0.1, 0.15) is 11.6 Å². The second-order valence-electron chi connectivity index (χ2n) is 7.45. The number of pyridine rings is 1. The number of para-hydroxylation sites is 1. The molecule has 0 fully saturated rings. The van der Waals surface area contributed by atoms with E-state index >= 15 is 0 Å². The van der Waals surface area contributed by atoms with Crippen molar-refractivity contribution in [2.75, 3.05) is 25.2 Å². The van der Waals surface area contributed by atoms with Gasteiger partial charge in [0.2, 0.25) is 11.8 Å². The molecule has 2 aromatic carbocycles. The van der Waals surface area contributed by atoms with E-state index in [-0.39, 0.29) is 13.1 Å². The van der Waals surface area contributed by atoms with Gasteiger partial charge in [-0.2, -0.15) is 0 Å². The molecule has 2 heterocycles. The minimum absolute atomic E-state index is 0.181. The minimum atomic E-state index is -1.06. The molecule has 4 rings (SSSR count). The maximum atomic E-state index is 13.7. The third-order valence-corrected chi connectivity index (χ3v) is 5.19. The van der Waals surface area contributed by atoms with Crippen LogP contribution in [0.3, 0.4) is 0 Å². The smallest absolute Gasteiger partial charge is 0.249 e. The molecular formula is C24H23FN6O3. The Balaban J connectivity index is 1.75. The number of nitrogens with one attached hydrogen (secondary N) is 1. The summed E-state index contributed by atoms with van der Waals surface area (Å²) in [5, 5.41) is 11.0. The molecule has 0 saturated heterocycles. The van der Waals surface area contributed by atoms with E-state index in [1.165, 1.54) is 47.2 Å². The summed E-state index contributed by atoms with van der Waals surface area (Å²) in [6.07, 6.45) is 3.10. The molecule has 0 unspecified atom stereocenters. The quantitative estimate of drug-likeness (QED) is 0.384. The summed E-state index contributed by atoms with van der Waals surface area (Å²) in [6, 6.07) is 15.0. The zero-order chi connectivity index (χ0) is 23.9. The summed E-state index contributed by atoms with van der Waals surface area (Å²) in [5.41, 5.74) is 2.17. The summed E-state index contributed by atoms with van der Waals surface area (Å²) < 4.78 is 20.2. The number of rotatable bonds is 9. The van der Waals surface area contributed by atoms with E-state index in [0.717, 1.165) is 0 Å². The Morgan fingerprint density at radius 3 is 2.65 bits per heavy atom. The maximum Gasteiger partial charge on any atom is 0.249 e. The van der Waals surface area contributed by atoms with Crippen LogP contribution in [0.4, 0.5) is 10.1 Å². The van der Waals surface area contributed by atoms with Gasteiger partial charge in [-0.25, -0.2) is 9.07 Å². The predicted octanol–water partition coefficient (Wildman–Crippen LogP) is 2.50. The van der Waals surface area contributed by atoms with Gasteiger partial charge in [0.05, 0.1) is 12.1 Å². The van der Waals surface area contributed by atoms with Crippen LogP contribution in [0, 0.1) is 5.82 Å². The van der Waals surface area contributed by atoms with Crippen molar-refractivity contribution in [1.29, 1.82) is 0 Å². The SMILES string of the molecule is COCCNC(=O)[C@H](c1cccnc1)N(C(=O)Cn1nnc2ccccc21)c1ccc(F)cc1. The zero-order valence-electron chi connectivity index (χ0n) is 18.5. The molecule has 9 nitrogen and oxygen atoms in total. The lowest BCUT2D eigenvalue weighted by Gasteiger charge is -2.31. The predicted molar refractivity (Wildman–Crippen MR) is 123 cm³/mol. The normalized spacial score (nSPS) is 11.8. The highest BCUT2D eigenvalue weighted by Crippen LogP contribution is 2.28. The molecular weight excluding hydrogens is 439 g/mol. The first-order valence-corrected chi connectivity index (χ1v) is 10.6. The summed E-state index contributed by atoms with van der Waals surface area (Å²) in [7, 11) is 1.53. The van der Waals surface area contributed by atoms with Gasteiger partial charge in [-0.3, -0.25) is 19.5 Å². The van der Waals surface area contributed by atoms with Gasteiger partial charge < -0.3 is 10.1 Å². The van der Waals surface area contributed by atoms with Crippen molar-refractivity contribution in [3.63, 3.8) is 0 Å². The van der Waals surface area contributed by atoms with Crippen LogP contribution in [-0.2, 0) is 20.9 Å². The Morgan fingerprint density at radius 2 is 1.91 bits per heavy atom. The molecule has 0 saturated carbocycles. The third-order valence-electron chi connectivity index (χ3n) is 5.19. The number of benzene rings is 2. The number of methoxy groups -OCH3 is 1. The topological polar surface area (TPSA) is 102 Å². The van der Waals surface area contributed by atoms with Crippen LogP contribution in [0.5, 0.6) is 0 Å². The highest BCUT2D eigenvalue weighted by Gasteiger charge is 2.33. The molecule has 2 aromatic heterocycles. The summed E-state index contributed by atoms with van der Waals surface area (Å²) in [6.45, 7) is 0.381. The Labute approximate surface area is 195 Å². The summed E-state index contributed by atoms with van der Waals surface area (Å²) >= 11 is 0. The van der Waals surface area contributed by atoms with E-state index in [4.69, 9.17) is 4.74 Å². The Hall–Kier alpha value is -4.18. The van der Waals surface area contributed by atoms with E-state index in [2.05, 4.69) is 20.6 Å². The van der Waals surface area contributed by atoms with Crippen molar-refractivity contribution in [3.8, 4) is 0 Å². The molecule has 10 heteroatoms. The Bertz CT molecular complexity index is 1260. The lowest BCUT2D eigenvalue weighted by molar-refractivity contribution is -0.127. The van der Waals surface area contributed by atoms with Crippen LogP contribution in [-0.4, -0.2) is 52.1 Å². The average Bonchev–Trinajstić information content (AvgIpc) is 3.26. The largest absolute Gasteiger partial charge is 0.383 e. The van der Waals surface area contributed by atoms with Crippen molar-refractivity contribution in [3.05, 3.63) is 84.4 Å². The lowest BCUT2D eigenvalue weighted by atomic mass is 10.0. The number of fused-ring (bicyclic) bond motifs is 1. The second-order valence-corrected chi connectivity index (χ2v) is 7.45. The van der Waals surface area contributed by atoms with E-state index in [1.807, 2.05) is 12.1 Å². The number of ether oxygens (including phenoxy) is 1. The zero-order valence-corrected chi connectivity index (χ0v) is 18.5. The molecule has 34 heavy (non-hydrogen) atoms. The van der Waals surface area contributed by atoms with Crippen molar-refractivity contribution in [1.82, 2.24) is 25.3 Å². The van der Waals surface area contributed by atoms with Crippen molar-refractivity contribution >= 4 is 28.5 Å². The van der Waals surface area contributed by atoms with Crippen molar-refractivity contribution in [2.45, 2.75) is 12.6 Å². The van der Waals surface area contributed by atoms with E-state index < -0.39 is 23.7 Å². The van der Waals surface area contributed by atoms with Gasteiger partial charge >= 0.3 is 0 Å². The number of amides is 2. The summed E-state index contributed by atoms with van der Waals surface area (Å²) in [5.74, 6) is -1.31. The minimum Gasteiger partial charge on any atom is -0.383 e. The van der Waals surface area contributed by atoms with Crippen LogP contribution < -0.4 is 10.2 Å². The molecule has 1 N–H and O–H groups in total. The van der Waals surface area contributed by atoms with Gasteiger partial charge in [0.15, 0.2) is 0 Å². The molecule has 4 aromatic rings. The van der Waals surface area contributed by atoms with Gasteiger partial charge in [-0.1, -0.05) is 23.4 Å². The van der Waals surface area contributed by atoms with Crippen LogP contribution in [0.25, 0.3) is 11.0 Å².